The molecule has 6 heteroatoms. The molecule has 3 aromatic carbocycles. The highest BCUT2D eigenvalue weighted by atomic mass is 32.1. The predicted octanol–water partition coefficient (Wildman–Crippen LogP) is 4.22. The van der Waals surface area contributed by atoms with Gasteiger partial charge in [0.25, 0.3) is 5.91 Å². The number of nitrogens with one attached hydrogen (secondary N) is 1. The predicted molar refractivity (Wildman–Crippen MR) is 121 cm³/mol. The zero-order chi connectivity index (χ0) is 20.8. The molecule has 5 nitrogen and oxygen atoms in total. The van der Waals surface area contributed by atoms with Gasteiger partial charge in [0.05, 0.1) is 5.56 Å². The van der Waals surface area contributed by atoms with Crippen LogP contribution in [0.15, 0.2) is 78.9 Å². The molecule has 0 aliphatic carbocycles. The highest BCUT2D eigenvalue weighted by Crippen LogP contribution is 2.27. The molecule has 30 heavy (non-hydrogen) atoms. The maximum absolute atomic E-state index is 12.9. The van der Waals surface area contributed by atoms with Crippen molar-refractivity contribution in [3.63, 3.8) is 0 Å². The van der Waals surface area contributed by atoms with Crippen molar-refractivity contribution in [3.05, 3.63) is 90.0 Å². The van der Waals surface area contributed by atoms with Crippen LogP contribution in [0.4, 0.5) is 5.69 Å². The van der Waals surface area contributed by atoms with E-state index in [2.05, 4.69) is 11.4 Å². The second-order valence-corrected chi connectivity index (χ2v) is 7.18. The van der Waals surface area contributed by atoms with Gasteiger partial charge in [0.15, 0.2) is 5.11 Å². The molecule has 0 unspecified atom stereocenters. The number of fused-ring (bicyclic) bond motifs is 1. The number of amides is 1. The molecule has 0 radical (unpaired) electrons. The number of hydrogen-bond donors (Lipinski definition) is 1. The molecule has 0 saturated carbocycles. The summed E-state index contributed by atoms with van der Waals surface area (Å²) in [6.45, 7) is 1.46. The smallest absolute Gasteiger partial charge is 0.261 e. The maximum Gasteiger partial charge on any atom is 0.261 e. The second kappa shape index (κ2) is 9.41. The van der Waals surface area contributed by atoms with Crippen molar-refractivity contribution in [3.8, 4) is 11.5 Å². The van der Waals surface area contributed by atoms with Gasteiger partial charge in [-0.2, -0.15) is 0 Å². The monoisotopic (exact) mass is 418 g/mol. The Morgan fingerprint density at radius 1 is 0.900 bits per heavy atom. The van der Waals surface area contributed by atoms with Crippen molar-refractivity contribution in [2.45, 2.75) is 6.42 Å². The molecule has 1 N–H and O–H groups in total. The summed E-state index contributed by atoms with van der Waals surface area (Å²) in [4.78, 5) is 14.8. The number of hydrogen-bond acceptors (Lipinski definition) is 4. The van der Waals surface area contributed by atoms with Crippen LogP contribution >= 0.6 is 12.2 Å². The molecule has 4 rings (SSSR count). The van der Waals surface area contributed by atoms with Crippen molar-refractivity contribution in [1.29, 1.82) is 0 Å². The Kier molecular flexibility index (Phi) is 6.25. The van der Waals surface area contributed by atoms with Crippen molar-refractivity contribution in [2.24, 2.45) is 0 Å². The van der Waals surface area contributed by atoms with Crippen molar-refractivity contribution >= 4 is 28.9 Å². The fourth-order valence-corrected chi connectivity index (χ4v) is 3.67. The topological polar surface area (TPSA) is 50.8 Å². The van der Waals surface area contributed by atoms with Crippen LogP contribution in [0.25, 0.3) is 0 Å². The van der Waals surface area contributed by atoms with E-state index in [1.54, 1.807) is 18.2 Å². The number of thiocarbonyl (C=S) groups is 1. The number of para-hydroxylation sites is 3. The fraction of sp³-hybridized carbons (Fsp3) is 0.167. The molecule has 1 aliphatic rings. The van der Waals surface area contributed by atoms with E-state index >= 15 is 0 Å². The summed E-state index contributed by atoms with van der Waals surface area (Å²) in [5.41, 5.74) is 2.72. The Labute approximate surface area is 181 Å². The SMILES string of the molecule is O=C(NC(=S)N1CCc2ccccc21)c1ccccc1OCCOc1ccccc1. The number of benzene rings is 3. The third-order valence-electron chi connectivity index (χ3n) is 4.84. The number of ether oxygens (including phenoxy) is 2. The number of anilines is 1. The number of carbonyl (C=O) groups is 1. The molecule has 3 aromatic rings. The first-order valence-electron chi connectivity index (χ1n) is 9.83. The molecule has 0 aromatic heterocycles. The van der Waals surface area contributed by atoms with E-state index in [1.165, 1.54) is 5.56 Å². The van der Waals surface area contributed by atoms with Gasteiger partial charge in [0.1, 0.15) is 24.7 Å². The van der Waals surface area contributed by atoms with Gasteiger partial charge in [-0.05, 0) is 54.5 Å². The van der Waals surface area contributed by atoms with Crippen LogP contribution in [0.2, 0.25) is 0 Å². The van der Waals surface area contributed by atoms with Gasteiger partial charge in [-0.15, -0.1) is 0 Å². The van der Waals surface area contributed by atoms with Gasteiger partial charge in [0.2, 0.25) is 0 Å². The summed E-state index contributed by atoms with van der Waals surface area (Å²) in [6.07, 6.45) is 0.910. The molecule has 1 aliphatic heterocycles. The van der Waals surface area contributed by atoms with E-state index in [9.17, 15) is 4.79 Å². The standard InChI is InChI=1S/C24H22N2O3S/c27-23(25-24(30)26-15-14-18-8-4-6-12-21(18)26)20-11-5-7-13-22(20)29-17-16-28-19-9-2-1-3-10-19/h1-13H,14-17H2,(H,25,27,30). The molecule has 0 bridgehead atoms. The average Bonchev–Trinajstić information content (AvgIpc) is 3.22. The van der Waals surface area contributed by atoms with Gasteiger partial charge in [0, 0.05) is 12.2 Å². The Morgan fingerprint density at radius 3 is 2.47 bits per heavy atom. The minimum atomic E-state index is -0.288. The third-order valence-corrected chi connectivity index (χ3v) is 5.16. The van der Waals surface area contributed by atoms with Crippen LogP contribution in [-0.4, -0.2) is 30.8 Å². The van der Waals surface area contributed by atoms with Crippen molar-refractivity contribution < 1.29 is 14.3 Å². The molecule has 1 heterocycles. The lowest BCUT2D eigenvalue weighted by Gasteiger charge is -2.21. The van der Waals surface area contributed by atoms with Crippen LogP contribution in [0.5, 0.6) is 11.5 Å². The van der Waals surface area contributed by atoms with E-state index in [0.717, 1.165) is 24.4 Å². The fourth-order valence-electron chi connectivity index (χ4n) is 3.39. The normalized spacial score (nSPS) is 12.2. The van der Waals surface area contributed by atoms with E-state index in [1.807, 2.05) is 59.5 Å². The van der Waals surface area contributed by atoms with Gasteiger partial charge < -0.3 is 14.4 Å². The molecule has 152 valence electrons. The van der Waals surface area contributed by atoms with Gasteiger partial charge in [-0.1, -0.05) is 48.5 Å². The van der Waals surface area contributed by atoms with Crippen LogP contribution < -0.4 is 19.7 Å². The lowest BCUT2D eigenvalue weighted by molar-refractivity contribution is 0.0972. The zero-order valence-electron chi connectivity index (χ0n) is 16.4. The number of nitrogens with zero attached hydrogens (tertiary/aromatic N) is 1. The maximum atomic E-state index is 12.9. The molecule has 0 spiro atoms. The summed E-state index contributed by atoms with van der Waals surface area (Å²) >= 11 is 5.50. The Morgan fingerprint density at radius 2 is 1.60 bits per heavy atom. The minimum absolute atomic E-state index is 0.288. The summed E-state index contributed by atoms with van der Waals surface area (Å²) < 4.78 is 11.4. The van der Waals surface area contributed by atoms with Crippen molar-refractivity contribution in [1.82, 2.24) is 5.32 Å². The van der Waals surface area contributed by atoms with Crippen LogP contribution in [0, 0.1) is 0 Å². The Hall–Kier alpha value is -3.38. The van der Waals surface area contributed by atoms with Crippen LogP contribution in [0.1, 0.15) is 15.9 Å². The van der Waals surface area contributed by atoms with Crippen LogP contribution in [0.3, 0.4) is 0 Å². The lowest BCUT2D eigenvalue weighted by atomic mass is 10.2. The minimum Gasteiger partial charge on any atom is -0.490 e. The summed E-state index contributed by atoms with van der Waals surface area (Å²) in [5.74, 6) is 0.989. The van der Waals surface area contributed by atoms with E-state index < -0.39 is 0 Å². The largest absolute Gasteiger partial charge is 0.490 e. The molecular formula is C24H22N2O3S. The van der Waals surface area contributed by atoms with E-state index in [4.69, 9.17) is 21.7 Å². The number of rotatable bonds is 6. The van der Waals surface area contributed by atoms with E-state index in [-0.39, 0.29) is 5.91 Å². The third kappa shape index (κ3) is 4.60. The highest BCUT2D eigenvalue weighted by molar-refractivity contribution is 7.80. The lowest BCUT2D eigenvalue weighted by Crippen LogP contribution is -2.42. The molecule has 0 atom stereocenters. The summed E-state index contributed by atoms with van der Waals surface area (Å²) in [5, 5.41) is 3.24. The first kappa shape index (κ1) is 19.9. The summed E-state index contributed by atoms with van der Waals surface area (Å²) in [7, 11) is 0. The van der Waals surface area contributed by atoms with Crippen molar-refractivity contribution in [2.75, 3.05) is 24.7 Å². The summed E-state index contributed by atoms with van der Waals surface area (Å²) in [6, 6.07) is 24.8. The Balaban J connectivity index is 1.36. The van der Waals surface area contributed by atoms with Crippen LogP contribution in [-0.2, 0) is 6.42 Å². The van der Waals surface area contributed by atoms with Gasteiger partial charge in [-0.3, -0.25) is 10.1 Å². The molecule has 0 fully saturated rings. The average molecular weight is 419 g/mol. The molecule has 0 saturated heterocycles. The van der Waals surface area contributed by atoms with E-state index in [0.29, 0.717) is 29.6 Å². The quantitative estimate of drug-likeness (QED) is 0.480. The molecular weight excluding hydrogens is 396 g/mol. The second-order valence-electron chi connectivity index (χ2n) is 6.80. The van der Waals surface area contributed by atoms with Gasteiger partial charge >= 0.3 is 0 Å². The first-order valence-corrected chi connectivity index (χ1v) is 10.2. The zero-order valence-corrected chi connectivity index (χ0v) is 17.2. The first-order chi connectivity index (χ1) is 14.7. The van der Waals surface area contributed by atoms with Gasteiger partial charge in [-0.25, -0.2) is 0 Å². The molecule has 1 amide bonds. The highest BCUT2D eigenvalue weighted by Gasteiger charge is 2.23. The Bertz CT molecular complexity index is 1040. The number of carbonyl (C=O) groups excluding carboxylic acids is 1.